The van der Waals surface area contributed by atoms with Crippen molar-refractivity contribution in [2.45, 2.75) is 19.9 Å². The molecule has 4 N–H and O–H groups in total. The number of carboxylic acid groups (broad SMARTS) is 1. The lowest BCUT2D eigenvalue weighted by molar-refractivity contribution is 0.0691. The van der Waals surface area contributed by atoms with Crippen LogP contribution in [0.25, 0.3) is 22.3 Å². The molecule has 35 heavy (non-hydrogen) atoms. The number of hydrogen-bond donors (Lipinski definition) is 4. The summed E-state index contributed by atoms with van der Waals surface area (Å²) < 4.78 is 6.27. The zero-order chi connectivity index (χ0) is 25.3. The van der Waals surface area contributed by atoms with Crippen LogP contribution in [0.4, 0.5) is 11.4 Å². The molecule has 0 radical (unpaired) electrons. The number of aromatic carboxylic acids is 1. The third-order valence-corrected chi connectivity index (χ3v) is 5.88. The molecule has 4 aromatic rings. The van der Waals surface area contributed by atoms with E-state index in [1.54, 1.807) is 31.3 Å². The van der Waals surface area contributed by atoms with Crippen molar-refractivity contribution in [1.29, 1.82) is 5.41 Å². The first-order chi connectivity index (χ1) is 16.7. The summed E-state index contributed by atoms with van der Waals surface area (Å²) in [7, 11) is 1.76. The summed E-state index contributed by atoms with van der Waals surface area (Å²) in [5, 5.41) is 23.8. The number of benzene rings is 2. The Kier molecular flexibility index (Phi) is 6.57. The van der Waals surface area contributed by atoms with Crippen LogP contribution in [0.15, 0.2) is 57.7 Å². The summed E-state index contributed by atoms with van der Waals surface area (Å²) in [6.45, 7) is 3.73. The molecule has 8 nitrogen and oxygen atoms in total. The molecule has 0 saturated carbocycles. The molecule has 0 bridgehead atoms. The maximum absolute atomic E-state index is 13.1. The van der Waals surface area contributed by atoms with E-state index in [9.17, 15) is 14.7 Å². The van der Waals surface area contributed by atoms with Crippen LogP contribution in [0, 0.1) is 12.3 Å². The fourth-order valence-electron chi connectivity index (χ4n) is 3.98. The van der Waals surface area contributed by atoms with Crippen LogP contribution in [-0.4, -0.2) is 29.3 Å². The van der Waals surface area contributed by atoms with Crippen molar-refractivity contribution >= 4 is 46.1 Å². The summed E-state index contributed by atoms with van der Waals surface area (Å²) in [5.41, 5.74) is 3.98. The van der Waals surface area contributed by atoms with Crippen LogP contribution in [0.3, 0.4) is 0 Å². The predicted molar refractivity (Wildman–Crippen MR) is 138 cm³/mol. The van der Waals surface area contributed by atoms with E-state index in [-0.39, 0.29) is 16.3 Å². The van der Waals surface area contributed by atoms with Gasteiger partial charge in [0.05, 0.1) is 17.1 Å². The van der Waals surface area contributed by atoms with Crippen LogP contribution in [0.1, 0.15) is 40.1 Å². The van der Waals surface area contributed by atoms with E-state index in [0.29, 0.717) is 39.1 Å². The van der Waals surface area contributed by atoms with E-state index in [0.717, 1.165) is 11.3 Å². The third-order valence-electron chi connectivity index (χ3n) is 5.67. The lowest BCUT2D eigenvalue weighted by Crippen LogP contribution is -2.13. The molecule has 0 amide bonds. The molecule has 2 aromatic heterocycles. The molecule has 0 aliphatic rings. The highest BCUT2D eigenvalue weighted by molar-refractivity contribution is 6.29. The van der Waals surface area contributed by atoms with Crippen LogP contribution in [-0.2, 0) is 0 Å². The Bertz CT molecular complexity index is 1530. The molecular formula is C26H23ClN4O4. The lowest BCUT2D eigenvalue weighted by Gasteiger charge is -2.19. The van der Waals surface area contributed by atoms with Gasteiger partial charge in [0.1, 0.15) is 16.5 Å². The fraction of sp³-hybridized carbons (Fsp3) is 0.154. The SMILES string of the molecule is CNc1cc(-c2cc(=O)c3cc(C)cc(C(C)Nc4ccc(Cl)nc4C(=O)O)c3o2)ccc1C=N. The molecule has 178 valence electrons. The number of fused-ring (bicyclic) bond motifs is 1. The maximum Gasteiger partial charge on any atom is 0.356 e. The number of carbonyl (C=O) groups is 1. The topological polar surface area (TPSA) is 128 Å². The average Bonchev–Trinajstić information content (AvgIpc) is 2.84. The largest absolute Gasteiger partial charge is 0.476 e. The maximum atomic E-state index is 13.1. The Labute approximate surface area is 206 Å². The minimum Gasteiger partial charge on any atom is -0.476 e. The molecule has 0 saturated heterocycles. The minimum atomic E-state index is -1.21. The number of nitrogens with zero attached hydrogens (tertiary/aromatic N) is 1. The van der Waals surface area contributed by atoms with Gasteiger partial charge in [-0.3, -0.25) is 4.79 Å². The Morgan fingerprint density at radius 1 is 1.17 bits per heavy atom. The molecule has 0 aliphatic heterocycles. The predicted octanol–water partition coefficient (Wildman–Crippen LogP) is 5.73. The van der Waals surface area contributed by atoms with Crippen molar-refractivity contribution < 1.29 is 14.3 Å². The van der Waals surface area contributed by atoms with Crippen molar-refractivity contribution in [2.75, 3.05) is 17.7 Å². The Morgan fingerprint density at radius 2 is 1.94 bits per heavy atom. The number of anilines is 2. The van der Waals surface area contributed by atoms with Crippen LogP contribution < -0.4 is 16.1 Å². The number of carboxylic acids is 1. The number of nitrogens with one attached hydrogen (secondary N) is 3. The van der Waals surface area contributed by atoms with Crippen LogP contribution in [0.2, 0.25) is 5.15 Å². The van der Waals surface area contributed by atoms with Gasteiger partial charge in [0.15, 0.2) is 11.1 Å². The molecule has 1 unspecified atom stereocenters. The van der Waals surface area contributed by atoms with Gasteiger partial charge in [-0.25, -0.2) is 9.78 Å². The highest BCUT2D eigenvalue weighted by atomic mass is 35.5. The first-order valence-electron chi connectivity index (χ1n) is 10.8. The first kappa shape index (κ1) is 24.0. The number of halogens is 1. The zero-order valence-electron chi connectivity index (χ0n) is 19.3. The summed E-state index contributed by atoms with van der Waals surface area (Å²) in [6.07, 6.45) is 1.25. The van der Waals surface area contributed by atoms with Crippen LogP contribution in [0.5, 0.6) is 0 Å². The van der Waals surface area contributed by atoms with Gasteiger partial charge in [0.25, 0.3) is 0 Å². The van der Waals surface area contributed by atoms with Gasteiger partial charge in [-0.2, -0.15) is 0 Å². The molecule has 4 rings (SSSR count). The summed E-state index contributed by atoms with van der Waals surface area (Å²) in [4.78, 5) is 28.7. The van der Waals surface area contributed by atoms with Gasteiger partial charge in [-0.15, -0.1) is 0 Å². The van der Waals surface area contributed by atoms with Gasteiger partial charge >= 0.3 is 5.97 Å². The zero-order valence-corrected chi connectivity index (χ0v) is 20.0. The van der Waals surface area contributed by atoms with E-state index in [2.05, 4.69) is 15.6 Å². The first-order valence-corrected chi connectivity index (χ1v) is 11.2. The van der Waals surface area contributed by atoms with Crippen molar-refractivity contribution in [3.05, 3.63) is 86.3 Å². The number of aryl methyl sites for hydroxylation is 1. The average molecular weight is 491 g/mol. The molecule has 0 fully saturated rings. The minimum absolute atomic E-state index is 0.0761. The Morgan fingerprint density at radius 3 is 2.63 bits per heavy atom. The van der Waals surface area contributed by atoms with Crippen molar-refractivity contribution in [3.63, 3.8) is 0 Å². The monoisotopic (exact) mass is 490 g/mol. The standard InChI is InChI=1S/C26H23ClN4O4/c1-13-8-17(14(2)30-19-6-7-23(27)31-24(19)26(33)34)25-18(9-13)21(32)11-22(35-25)15-4-5-16(12-28)20(10-15)29-3/h4-12,14,28-30H,1-3H3,(H,33,34). The molecule has 9 heteroatoms. The van der Waals surface area contributed by atoms with Crippen molar-refractivity contribution in [2.24, 2.45) is 0 Å². The third kappa shape index (κ3) is 4.74. The molecule has 2 aromatic carbocycles. The molecule has 1 atom stereocenters. The van der Waals surface area contributed by atoms with Crippen molar-refractivity contribution in [3.8, 4) is 11.3 Å². The number of pyridine rings is 1. The van der Waals surface area contributed by atoms with Gasteiger partial charge < -0.3 is 25.6 Å². The van der Waals surface area contributed by atoms with Gasteiger partial charge in [-0.1, -0.05) is 29.8 Å². The van der Waals surface area contributed by atoms with E-state index in [1.807, 2.05) is 26.0 Å². The van der Waals surface area contributed by atoms with E-state index in [1.165, 1.54) is 18.3 Å². The summed E-state index contributed by atoms with van der Waals surface area (Å²) in [5.74, 6) is -0.828. The second-order valence-corrected chi connectivity index (χ2v) is 8.49. The van der Waals surface area contributed by atoms with E-state index >= 15 is 0 Å². The lowest BCUT2D eigenvalue weighted by atomic mass is 10.00. The Hall–Kier alpha value is -4.17. The molecular weight excluding hydrogens is 468 g/mol. The van der Waals surface area contributed by atoms with E-state index in [4.69, 9.17) is 21.4 Å². The summed E-state index contributed by atoms with van der Waals surface area (Å²) >= 11 is 5.88. The quantitative estimate of drug-likeness (QED) is 0.192. The van der Waals surface area contributed by atoms with E-state index < -0.39 is 12.0 Å². The summed E-state index contributed by atoms with van der Waals surface area (Å²) in [6, 6.07) is 13.1. The number of hydrogen-bond acceptors (Lipinski definition) is 7. The molecule has 2 heterocycles. The second kappa shape index (κ2) is 9.60. The molecule has 0 spiro atoms. The van der Waals surface area contributed by atoms with Gasteiger partial charge in [-0.05, 0) is 43.7 Å². The van der Waals surface area contributed by atoms with Gasteiger partial charge in [0.2, 0.25) is 0 Å². The fourth-order valence-corrected chi connectivity index (χ4v) is 4.12. The van der Waals surface area contributed by atoms with Crippen LogP contribution >= 0.6 is 11.6 Å². The molecule has 0 aliphatic carbocycles. The number of aromatic nitrogens is 1. The van der Waals surface area contributed by atoms with Gasteiger partial charge in [0, 0.05) is 41.7 Å². The second-order valence-electron chi connectivity index (χ2n) is 8.10. The number of rotatable bonds is 7. The highest BCUT2D eigenvalue weighted by Gasteiger charge is 2.20. The highest BCUT2D eigenvalue weighted by Crippen LogP contribution is 2.32. The smallest absolute Gasteiger partial charge is 0.356 e. The van der Waals surface area contributed by atoms with Crippen molar-refractivity contribution in [1.82, 2.24) is 4.98 Å². The Balaban J connectivity index is 1.85. The normalized spacial score (nSPS) is 11.8.